The van der Waals surface area contributed by atoms with Gasteiger partial charge in [0.05, 0.1) is 13.2 Å². The lowest BCUT2D eigenvalue weighted by Crippen LogP contribution is -2.39. The van der Waals surface area contributed by atoms with E-state index in [1.165, 1.54) is 0 Å². The smallest absolute Gasteiger partial charge is 0.423 e. The van der Waals surface area contributed by atoms with Crippen molar-refractivity contribution in [3.05, 3.63) is 35.4 Å². The summed E-state index contributed by atoms with van der Waals surface area (Å²) in [5, 5.41) is 16.4. The Hall–Kier alpha value is -3.55. The molecule has 6 rings (SSSR count). The first-order valence-electron chi connectivity index (χ1n) is 12.8. The highest BCUT2D eigenvalue weighted by atomic mass is 19.4. The number of carbonyl (C=O) groups excluding carboxylic acids is 1. The van der Waals surface area contributed by atoms with E-state index in [2.05, 4.69) is 30.6 Å². The summed E-state index contributed by atoms with van der Waals surface area (Å²) in [7, 11) is 0. The summed E-state index contributed by atoms with van der Waals surface area (Å²) in [5.41, 5.74) is -0.105. The molecular formula is C24H27F3N8O3. The minimum absolute atomic E-state index is 0.0156. The Bertz CT molecular complexity index is 1320. The van der Waals surface area contributed by atoms with Gasteiger partial charge in [-0.25, -0.2) is 4.98 Å². The third kappa shape index (κ3) is 4.96. The van der Waals surface area contributed by atoms with Gasteiger partial charge in [-0.15, -0.1) is 10.2 Å². The fourth-order valence-electron chi connectivity index (χ4n) is 5.15. The lowest BCUT2D eigenvalue weighted by Gasteiger charge is -2.29. The molecule has 0 aromatic carbocycles. The van der Waals surface area contributed by atoms with Gasteiger partial charge in [0, 0.05) is 31.2 Å². The van der Waals surface area contributed by atoms with Gasteiger partial charge in [0.2, 0.25) is 11.8 Å². The van der Waals surface area contributed by atoms with Crippen LogP contribution in [0.5, 0.6) is 5.88 Å². The van der Waals surface area contributed by atoms with Crippen LogP contribution < -0.4 is 10.1 Å². The zero-order chi connectivity index (χ0) is 26.3. The lowest BCUT2D eigenvalue weighted by atomic mass is 9.85. The molecule has 2 aliphatic heterocycles. The van der Waals surface area contributed by atoms with Crippen molar-refractivity contribution in [1.82, 2.24) is 34.7 Å². The highest BCUT2D eigenvalue weighted by Gasteiger charge is 2.38. The number of hydrogen-bond donors (Lipinski definition) is 1. The topological polar surface area (TPSA) is 120 Å². The molecule has 0 bridgehead atoms. The largest absolute Gasteiger partial charge is 0.469 e. The maximum absolute atomic E-state index is 13.5. The Labute approximate surface area is 215 Å². The predicted octanol–water partition coefficient (Wildman–Crippen LogP) is 3.09. The average molecular weight is 533 g/mol. The van der Waals surface area contributed by atoms with Crippen molar-refractivity contribution in [3.63, 3.8) is 0 Å². The number of fused-ring (bicyclic) bond motifs is 1. The van der Waals surface area contributed by atoms with Gasteiger partial charge in [-0.2, -0.15) is 27.8 Å². The van der Waals surface area contributed by atoms with Crippen LogP contribution in [0, 0.1) is 0 Å². The minimum atomic E-state index is -4.63. The van der Waals surface area contributed by atoms with Crippen LogP contribution in [0.2, 0.25) is 0 Å². The van der Waals surface area contributed by atoms with Crippen LogP contribution in [0.4, 0.5) is 19.1 Å². The van der Waals surface area contributed by atoms with Gasteiger partial charge in [-0.05, 0) is 44.2 Å². The maximum atomic E-state index is 13.5. The number of rotatable bonds is 6. The number of amides is 1. The number of halogens is 3. The molecular weight excluding hydrogens is 505 g/mol. The molecule has 0 spiro atoms. The summed E-state index contributed by atoms with van der Waals surface area (Å²) in [6.07, 6.45) is 0.752. The molecule has 11 nitrogen and oxygen atoms in total. The fraction of sp³-hybridized carbons (Fsp3) is 0.583. The van der Waals surface area contributed by atoms with Gasteiger partial charge >= 0.3 is 6.18 Å². The second-order valence-corrected chi connectivity index (χ2v) is 9.94. The molecule has 2 saturated heterocycles. The SMILES string of the molecule is O=C(c1ccc2nnc([C@H]3CCC[C@@H](Nc4ncc(C(F)(F)F)c(OC5COC5)n4)C3)n2n1)N1CCCC1. The standard InChI is InChI=1S/C24H27F3N8O3/c25-24(26,27)17-11-28-23(30-21(17)38-16-12-37-13-16)29-15-5-3-4-14(10-15)20-32-31-19-7-6-18(33-35(19)20)22(36)34-8-1-2-9-34/h6-7,11,14-16H,1-5,8-10,12-13H2,(H,28,29,30)/t14-,15+/m0/s1. The van der Waals surface area contributed by atoms with Gasteiger partial charge in [-0.3, -0.25) is 4.79 Å². The summed E-state index contributed by atoms with van der Waals surface area (Å²) in [6, 6.07) is 3.32. The maximum Gasteiger partial charge on any atom is 0.423 e. The summed E-state index contributed by atoms with van der Waals surface area (Å²) >= 11 is 0. The van der Waals surface area contributed by atoms with Crippen LogP contribution >= 0.6 is 0 Å². The van der Waals surface area contributed by atoms with E-state index in [1.807, 2.05) is 0 Å². The van der Waals surface area contributed by atoms with Crippen LogP contribution in [0.15, 0.2) is 18.3 Å². The van der Waals surface area contributed by atoms with Crippen molar-refractivity contribution in [1.29, 1.82) is 0 Å². The van der Waals surface area contributed by atoms with Crippen molar-refractivity contribution >= 4 is 17.5 Å². The number of carbonyl (C=O) groups is 1. The van der Waals surface area contributed by atoms with Crippen LogP contribution in [0.25, 0.3) is 5.65 Å². The molecule has 3 fully saturated rings. The fourth-order valence-corrected chi connectivity index (χ4v) is 5.15. The molecule has 1 saturated carbocycles. The van der Waals surface area contributed by atoms with Gasteiger partial charge in [-0.1, -0.05) is 6.42 Å². The van der Waals surface area contributed by atoms with Crippen molar-refractivity contribution in [2.45, 2.75) is 62.8 Å². The molecule has 1 N–H and O–H groups in total. The summed E-state index contributed by atoms with van der Waals surface area (Å²) in [5.74, 6) is 0.112. The Kier molecular flexibility index (Phi) is 6.50. The van der Waals surface area contributed by atoms with Crippen LogP contribution in [0.1, 0.15) is 66.3 Å². The van der Waals surface area contributed by atoms with Crippen molar-refractivity contribution < 1.29 is 27.4 Å². The number of ether oxygens (including phenoxy) is 2. The first-order valence-corrected chi connectivity index (χ1v) is 12.8. The van der Waals surface area contributed by atoms with Crippen molar-refractivity contribution in [2.24, 2.45) is 0 Å². The zero-order valence-corrected chi connectivity index (χ0v) is 20.5. The van der Waals surface area contributed by atoms with Crippen LogP contribution in [-0.2, 0) is 10.9 Å². The number of nitrogens with one attached hydrogen (secondary N) is 1. The lowest BCUT2D eigenvalue weighted by molar-refractivity contribution is -0.142. The highest BCUT2D eigenvalue weighted by molar-refractivity contribution is 5.92. The van der Waals surface area contributed by atoms with Gasteiger partial charge in [0.1, 0.15) is 17.4 Å². The van der Waals surface area contributed by atoms with E-state index >= 15 is 0 Å². The van der Waals surface area contributed by atoms with Crippen LogP contribution in [0.3, 0.4) is 0 Å². The molecule has 0 unspecified atom stereocenters. The van der Waals surface area contributed by atoms with E-state index < -0.39 is 23.7 Å². The molecule has 1 amide bonds. The third-order valence-electron chi connectivity index (χ3n) is 7.22. The van der Waals surface area contributed by atoms with E-state index in [-0.39, 0.29) is 37.0 Å². The predicted molar refractivity (Wildman–Crippen MR) is 127 cm³/mol. The Balaban J connectivity index is 1.19. The second-order valence-electron chi connectivity index (χ2n) is 9.94. The molecule has 202 valence electrons. The number of hydrogen-bond acceptors (Lipinski definition) is 9. The second kappa shape index (κ2) is 9.97. The van der Waals surface area contributed by atoms with Crippen molar-refractivity contribution in [3.8, 4) is 5.88 Å². The summed E-state index contributed by atoms with van der Waals surface area (Å²) in [6.45, 7) is 1.91. The molecule has 14 heteroatoms. The number of nitrogens with zero attached hydrogens (tertiary/aromatic N) is 7. The quantitative estimate of drug-likeness (QED) is 0.511. The number of anilines is 1. The zero-order valence-electron chi connectivity index (χ0n) is 20.5. The molecule has 5 heterocycles. The van der Waals surface area contributed by atoms with E-state index in [0.717, 1.165) is 51.4 Å². The Morgan fingerprint density at radius 2 is 1.92 bits per heavy atom. The van der Waals surface area contributed by atoms with E-state index in [9.17, 15) is 18.0 Å². The molecule has 1 aliphatic carbocycles. The van der Waals surface area contributed by atoms with E-state index in [1.54, 1.807) is 21.5 Å². The normalized spacial score (nSPS) is 22.4. The molecule has 2 atom stereocenters. The first kappa shape index (κ1) is 24.8. The highest BCUT2D eigenvalue weighted by Crippen LogP contribution is 2.37. The minimum Gasteiger partial charge on any atom is -0.469 e. The van der Waals surface area contributed by atoms with E-state index in [4.69, 9.17) is 9.47 Å². The van der Waals surface area contributed by atoms with Crippen LogP contribution in [-0.4, -0.2) is 79.0 Å². The first-order chi connectivity index (χ1) is 18.3. The monoisotopic (exact) mass is 532 g/mol. The molecule has 3 aromatic heterocycles. The third-order valence-corrected chi connectivity index (χ3v) is 7.22. The van der Waals surface area contributed by atoms with Gasteiger partial charge in [0.25, 0.3) is 5.91 Å². The summed E-state index contributed by atoms with van der Waals surface area (Å²) in [4.78, 5) is 22.6. The Morgan fingerprint density at radius 3 is 2.66 bits per heavy atom. The Morgan fingerprint density at radius 1 is 1.11 bits per heavy atom. The number of aromatic nitrogens is 6. The van der Waals surface area contributed by atoms with Gasteiger partial charge < -0.3 is 19.7 Å². The summed E-state index contributed by atoms with van der Waals surface area (Å²) < 4.78 is 52.4. The molecule has 0 radical (unpaired) electrons. The molecule has 38 heavy (non-hydrogen) atoms. The van der Waals surface area contributed by atoms with Crippen molar-refractivity contribution in [2.75, 3.05) is 31.6 Å². The average Bonchev–Trinajstić information content (AvgIpc) is 3.55. The van der Waals surface area contributed by atoms with Gasteiger partial charge in [0.15, 0.2) is 11.5 Å². The number of alkyl halides is 3. The van der Waals surface area contributed by atoms with E-state index in [0.29, 0.717) is 23.6 Å². The molecule has 3 aliphatic rings. The molecule has 3 aromatic rings. The number of likely N-dealkylation sites (tertiary alicyclic amines) is 1.